The molecule has 1 N–H and O–H groups in total. The first-order chi connectivity index (χ1) is 10.6. The molecule has 7 heteroatoms. The molecule has 0 fully saturated rings. The molecule has 0 aliphatic carbocycles. The number of halogens is 2. The van der Waals surface area contributed by atoms with Crippen LogP contribution in [0.15, 0.2) is 52.9 Å². The summed E-state index contributed by atoms with van der Waals surface area (Å²) < 4.78 is 5.40. The molecule has 0 aliphatic heterocycles. The van der Waals surface area contributed by atoms with Crippen molar-refractivity contribution in [1.29, 1.82) is 0 Å². The van der Waals surface area contributed by atoms with Gasteiger partial charge in [0.2, 0.25) is 0 Å². The van der Waals surface area contributed by atoms with Crippen LogP contribution in [0, 0.1) is 0 Å². The minimum atomic E-state index is -0.431. The fourth-order valence-electron chi connectivity index (χ4n) is 1.83. The zero-order valence-corrected chi connectivity index (χ0v) is 12.6. The lowest BCUT2D eigenvalue weighted by Gasteiger charge is -2.02. The normalized spacial score (nSPS) is 10.5. The lowest BCUT2D eigenvalue weighted by molar-refractivity contribution is 0.102. The Labute approximate surface area is 135 Å². The van der Waals surface area contributed by atoms with E-state index in [4.69, 9.17) is 27.6 Å². The Kier molecular flexibility index (Phi) is 4.09. The first kappa shape index (κ1) is 14.6. The summed E-state index contributed by atoms with van der Waals surface area (Å²) in [5, 5.41) is 11.0. The van der Waals surface area contributed by atoms with Gasteiger partial charge in [0.15, 0.2) is 0 Å². The summed E-state index contributed by atoms with van der Waals surface area (Å²) in [6.45, 7) is 0. The van der Waals surface area contributed by atoms with Crippen molar-refractivity contribution < 1.29 is 9.21 Å². The van der Waals surface area contributed by atoms with Gasteiger partial charge in [0.05, 0.1) is 21.2 Å². The van der Waals surface area contributed by atoms with Crippen LogP contribution in [0.3, 0.4) is 0 Å². The number of nitrogens with zero attached hydrogens (tertiary/aromatic N) is 2. The minimum absolute atomic E-state index is 0.0279. The second kappa shape index (κ2) is 6.17. The van der Waals surface area contributed by atoms with E-state index < -0.39 is 5.91 Å². The fourth-order valence-corrected chi connectivity index (χ4v) is 2.27. The van der Waals surface area contributed by atoms with Gasteiger partial charge in [-0.3, -0.25) is 10.1 Å². The summed E-state index contributed by atoms with van der Waals surface area (Å²) in [4.78, 5) is 12.1. The van der Waals surface area contributed by atoms with Gasteiger partial charge in [0.25, 0.3) is 11.8 Å². The van der Waals surface area contributed by atoms with E-state index in [9.17, 15) is 4.79 Å². The third-order valence-corrected chi connectivity index (χ3v) is 3.53. The van der Waals surface area contributed by atoms with E-state index in [1.165, 1.54) is 0 Å². The van der Waals surface area contributed by atoms with Gasteiger partial charge >= 0.3 is 6.01 Å². The van der Waals surface area contributed by atoms with Crippen molar-refractivity contribution >= 4 is 35.1 Å². The maximum atomic E-state index is 12.1. The average molecular weight is 334 g/mol. The van der Waals surface area contributed by atoms with Crippen LogP contribution in [0.5, 0.6) is 0 Å². The number of amides is 1. The first-order valence-corrected chi connectivity index (χ1v) is 7.05. The molecule has 1 aromatic heterocycles. The van der Waals surface area contributed by atoms with Gasteiger partial charge in [-0.2, -0.15) is 0 Å². The Morgan fingerprint density at radius 2 is 1.64 bits per heavy atom. The standard InChI is InChI=1S/C15H9Cl2N3O2/c16-11-7-3-1-5-9(11)13(21)18-15-20-19-14(22-15)10-6-2-4-8-12(10)17/h1-8H,(H,18,20,21). The van der Waals surface area contributed by atoms with Crippen LogP contribution < -0.4 is 5.32 Å². The van der Waals surface area contributed by atoms with Gasteiger partial charge in [0.1, 0.15) is 0 Å². The van der Waals surface area contributed by atoms with E-state index in [-0.39, 0.29) is 11.9 Å². The Bertz CT molecular complexity index is 833. The SMILES string of the molecule is O=C(Nc1nnc(-c2ccccc2Cl)o1)c1ccccc1Cl. The Morgan fingerprint density at radius 3 is 2.36 bits per heavy atom. The quantitative estimate of drug-likeness (QED) is 0.776. The molecular formula is C15H9Cl2N3O2. The van der Waals surface area contributed by atoms with Crippen LogP contribution in [-0.2, 0) is 0 Å². The molecule has 0 saturated heterocycles. The summed E-state index contributed by atoms with van der Waals surface area (Å²) in [6.07, 6.45) is 0. The third-order valence-electron chi connectivity index (χ3n) is 2.87. The fraction of sp³-hybridized carbons (Fsp3) is 0. The molecule has 0 radical (unpaired) electrons. The van der Waals surface area contributed by atoms with Crippen LogP contribution >= 0.6 is 23.2 Å². The van der Waals surface area contributed by atoms with Crippen molar-refractivity contribution in [1.82, 2.24) is 10.2 Å². The highest BCUT2D eigenvalue weighted by molar-refractivity contribution is 6.34. The van der Waals surface area contributed by atoms with Gasteiger partial charge in [0, 0.05) is 0 Å². The molecule has 2 aromatic carbocycles. The molecule has 0 saturated carbocycles. The zero-order valence-electron chi connectivity index (χ0n) is 11.1. The van der Waals surface area contributed by atoms with E-state index >= 15 is 0 Å². The molecule has 0 atom stereocenters. The average Bonchev–Trinajstić information content (AvgIpc) is 2.96. The second-order valence-electron chi connectivity index (χ2n) is 4.33. The molecule has 0 spiro atoms. The maximum Gasteiger partial charge on any atom is 0.322 e. The Hall–Kier alpha value is -2.37. The highest BCUT2D eigenvalue weighted by Gasteiger charge is 2.15. The second-order valence-corrected chi connectivity index (χ2v) is 5.14. The predicted molar refractivity (Wildman–Crippen MR) is 84.1 cm³/mol. The summed E-state index contributed by atoms with van der Waals surface area (Å²) in [7, 11) is 0. The van der Waals surface area contributed by atoms with Crippen LogP contribution in [0.1, 0.15) is 10.4 Å². The predicted octanol–water partition coefficient (Wildman–Crippen LogP) is 4.30. The van der Waals surface area contributed by atoms with Crippen molar-refractivity contribution in [3.05, 3.63) is 64.1 Å². The van der Waals surface area contributed by atoms with Crippen molar-refractivity contribution in [3.63, 3.8) is 0 Å². The zero-order chi connectivity index (χ0) is 15.5. The highest BCUT2D eigenvalue weighted by Crippen LogP contribution is 2.27. The summed E-state index contributed by atoms with van der Waals surface area (Å²) >= 11 is 12.0. The van der Waals surface area contributed by atoms with Crippen LogP contribution in [-0.4, -0.2) is 16.1 Å². The molecule has 0 aliphatic rings. The van der Waals surface area contributed by atoms with Crippen molar-refractivity contribution in [3.8, 4) is 11.5 Å². The van der Waals surface area contributed by atoms with Crippen LogP contribution in [0.4, 0.5) is 6.01 Å². The number of nitrogens with one attached hydrogen (secondary N) is 1. The van der Waals surface area contributed by atoms with Gasteiger partial charge in [-0.25, -0.2) is 0 Å². The Balaban J connectivity index is 1.82. The van der Waals surface area contributed by atoms with Gasteiger partial charge in [-0.05, 0) is 24.3 Å². The number of carbonyl (C=O) groups excluding carboxylic acids is 1. The topological polar surface area (TPSA) is 68.0 Å². The molecule has 22 heavy (non-hydrogen) atoms. The number of hydrogen-bond acceptors (Lipinski definition) is 4. The molecule has 1 amide bonds. The molecule has 3 aromatic rings. The highest BCUT2D eigenvalue weighted by atomic mass is 35.5. The van der Waals surface area contributed by atoms with Crippen molar-refractivity contribution in [2.45, 2.75) is 0 Å². The van der Waals surface area contributed by atoms with Crippen LogP contribution in [0.2, 0.25) is 10.0 Å². The molecule has 3 rings (SSSR count). The lowest BCUT2D eigenvalue weighted by atomic mass is 10.2. The number of anilines is 1. The van der Waals surface area contributed by atoms with E-state index in [1.807, 2.05) is 0 Å². The van der Waals surface area contributed by atoms with Gasteiger partial charge in [-0.15, -0.1) is 5.10 Å². The van der Waals surface area contributed by atoms with E-state index in [1.54, 1.807) is 48.5 Å². The molecule has 0 unspecified atom stereocenters. The summed E-state index contributed by atoms with van der Waals surface area (Å²) in [6, 6.07) is 13.7. The maximum absolute atomic E-state index is 12.1. The molecule has 1 heterocycles. The number of benzene rings is 2. The molecule has 0 bridgehead atoms. The van der Waals surface area contributed by atoms with Crippen molar-refractivity contribution in [2.24, 2.45) is 0 Å². The van der Waals surface area contributed by atoms with Gasteiger partial charge in [-0.1, -0.05) is 52.6 Å². The first-order valence-electron chi connectivity index (χ1n) is 6.29. The number of carbonyl (C=O) groups is 1. The number of hydrogen-bond donors (Lipinski definition) is 1. The van der Waals surface area contributed by atoms with Crippen LogP contribution in [0.25, 0.3) is 11.5 Å². The van der Waals surface area contributed by atoms with E-state index in [0.29, 0.717) is 21.2 Å². The van der Waals surface area contributed by atoms with E-state index in [0.717, 1.165) is 0 Å². The lowest BCUT2D eigenvalue weighted by Crippen LogP contribution is -2.12. The Morgan fingerprint density at radius 1 is 0.955 bits per heavy atom. The smallest absolute Gasteiger partial charge is 0.322 e. The monoisotopic (exact) mass is 333 g/mol. The summed E-state index contributed by atoms with van der Waals surface area (Å²) in [5.41, 5.74) is 0.913. The summed E-state index contributed by atoms with van der Waals surface area (Å²) in [5.74, 6) is -0.208. The largest absolute Gasteiger partial charge is 0.403 e. The molecule has 110 valence electrons. The molecular weight excluding hydrogens is 325 g/mol. The number of rotatable bonds is 3. The minimum Gasteiger partial charge on any atom is -0.403 e. The van der Waals surface area contributed by atoms with E-state index in [2.05, 4.69) is 15.5 Å². The van der Waals surface area contributed by atoms with Crippen molar-refractivity contribution in [2.75, 3.05) is 5.32 Å². The van der Waals surface area contributed by atoms with Gasteiger partial charge < -0.3 is 4.42 Å². The molecule has 5 nitrogen and oxygen atoms in total. The number of aromatic nitrogens is 2. The third kappa shape index (κ3) is 2.95.